The fourth-order valence-electron chi connectivity index (χ4n) is 2.72. The van der Waals surface area contributed by atoms with Crippen molar-refractivity contribution in [3.63, 3.8) is 0 Å². The minimum Gasteiger partial charge on any atom is -0.398 e. The predicted octanol–water partition coefficient (Wildman–Crippen LogP) is 1.97. The molecule has 0 spiro atoms. The number of rotatable bonds is 3. The summed E-state index contributed by atoms with van der Waals surface area (Å²) in [6.45, 7) is 5.66. The fraction of sp³-hybridized carbons (Fsp3) is 0.571. The molecule has 1 fully saturated rings. The number of hydrogen-bond donors (Lipinski definition) is 1. The van der Waals surface area contributed by atoms with Gasteiger partial charge in [0.15, 0.2) is 0 Å². The van der Waals surface area contributed by atoms with Crippen molar-refractivity contribution < 1.29 is 0 Å². The van der Waals surface area contributed by atoms with Gasteiger partial charge < -0.3 is 15.5 Å². The first-order chi connectivity index (χ1) is 8.08. The Kier molecular flexibility index (Phi) is 3.57. The van der Waals surface area contributed by atoms with Crippen LogP contribution in [0.15, 0.2) is 18.2 Å². The van der Waals surface area contributed by atoms with E-state index in [1.54, 1.807) is 0 Å². The SMILES string of the molecule is Cc1c(N)cccc1N(C)CC1CCN(C)C1. The quantitative estimate of drug-likeness (QED) is 0.810. The molecule has 2 rings (SSSR count). The van der Waals surface area contributed by atoms with Crippen LogP contribution < -0.4 is 10.6 Å². The van der Waals surface area contributed by atoms with Crippen LogP contribution in [-0.4, -0.2) is 38.6 Å². The lowest BCUT2D eigenvalue weighted by molar-refractivity contribution is 0.396. The highest BCUT2D eigenvalue weighted by Gasteiger charge is 2.21. The van der Waals surface area contributed by atoms with Gasteiger partial charge >= 0.3 is 0 Å². The van der Waals surface area contributed by atoms with Crippen molar-refractivity contribution in [2.75, 3.05) is 44.4 Å². The molecule has 1 unspecified atom stereocenters. The standard InChI is InChI=1S/C14H23N3/c1-11-13(15)5-4-6-14(11)17(3)10-12-7-8-16(2)9-12/h4-6,12H,7-10,15H2,1-3H3. The maximum Gasteiger partial charge on any atom is 0.0414 e. The molecule has 2 N–H and O–H groups in total. The average molecular weight is 233 g/mol. The maximum absolute atomic E-state index is 5.95. The van der Waals surface area contributed by atoms with E-state index >= 15 is 0 Å². The Morgan fingerprint density at radius 3 is 2.88 bits per heavy atom. The number of nitrogens with zero attached hydrogens (tertiary/aromatic N) is 2. The van der Waals surface area contributed by atoms with Crippen molar-refractivity contribution in [2.24, 2.45) is 5.92 Å². The first-order valence-corrected chi connectivity index (χ1v) is 6.32. The van der Waals surface area contributed by atoms with Gasteiger partial charge in [0.25, 0.3) is 0 Å². The van der Waals surface area contributed by atoms with Gasteiger partial charge in [0, 0.05) is 31.5 Å². The Labute approximate surface area is 104 Å². The van der Waals surface area contributed by atoms with E-state index in [4.69, 9.17) is 5.73 Å². The van der Waals surface area contributed by atoms with Gasteiger partial charge in [-0.15, -0.1) is 0 Å². The molecule has 1 aromatic carbocycles. The van der Waals surface area contributed by atoms with E-state index in [2.05, 4.69) is 36.9 Å². The number of likely N-dealkylation sites (tertiary alicyclic amines) is 1. The van der Waals surface area contributed by atoms with E-state index in [1.807, 2.05) is 12.1 Å². The zero-order valence-corrected chi connectivity index (χ0v) is 11.1. The zero-order chi connectivity index (χ0) is 12.4. The molecule has 1 atom stereocenters. The van der Waals surface area contributed by atoms with Crippen LogP contribution in [0.2, 0.25) is 0 Å². The predicted molar refractivity (Wildman–Crippen MR) is 74.5 cm³/mol. The third-order valence-electron chi connectivity index (χ3n) is 3.78. The summed E-state index contributed by atoms with van der Waals surface area (Å²) in [6.07, 6.45) is 1.31. The lowest BCUT2D eigenvalue weighted by Gasteiger charge is -2.25. The van der Waals surface area contributed by atoms with E-state index < -0.39 is 0 Å². The molecule has 0 bridgehead atoms. The maximum atomic E-state index is 5.95. The highest BCUT2D eigenvalue weighted by Crippen LogP contribution is 2.25. The second-order valence-corrected chi connectivity index (χ2v) is 5.29. The van der Waals surface area contributed by atoms with Crippen LogP contribution in [0.4, 0.5) is 11.4 Å². The second-order valence-electron chi connectivity index (χ2n) is 5.29. The molecule has 1 heterocycles. The lowest BCUT2D eigenvalue weighted by atomic mass is 10.1. The molecule has 3 heteroatoms. The second kappa shape index (κ2) is 4.96. The Hall–Kier alpha value is -1.22. The topological polar surface area (TPSA) is 32.5 Å². The zero-order valence-electron chi connectivity index (χ0n) is 11.1. The van der Waals surface area contributed by atoms with Crippen molar-refractivity contribution >= 4 is 11.4 Å². The summed E-state index contributed by atoms with van der Waals surface area (Å²) in [7, 11) is 4.37. The molecule has 1 aromatic rings. The van der Waals surface area contributed by atoms with Crippen LogP contribution in [0.1, 0.15) is 12.0 Å². The van der Waals surface area contributed by atoms with Crippen molar-refractivity contribution in [1.82, 2.24) is 4.90 Å². The summed E-state index contributed by atoms with van der Waals surface area (Å²) in [5.41, 5.74) is 9.30. The van der Waals surface area contributed by atoms with Crippen molar-refractivity contribution in [3.8, 4) is 0 Å². The van der Waals surface area contributed by atoms with Gasteiger partial charge in [-0.3, -0.25) is 0 Å². The van der Waals surface area contributed by atoms with Crippen LogP contribution in [0.25, 0.3) is 0 Å². The number of nitrogen functional groups attached to an aromatic ring is 1. The number of benzene rings is 1. The number of anilines is 2. The summed E-state index contributed by atoms with van der Waals surface area (Å²) >= 11 is 0. The largest absolute Gasteiger partial charge is 0.398 e. The first-order valence-electron chi connectivity index (χ1n) is 6.32. The fourth-order valence-corrected chi connectivity index (χ4v) is 2.72. The van der Waals surface area contributed by atoms with Crippen LogP contribution >= 0.6 is 0 Å². The molecule has 3 nitrogen and oxygen atoms in total. The lowest BCUT2D eigenvalue weighted by Crippen LogP contribution is -2.27. The monoisotopic (exact) mass is 233 g/mol. The molecule has 0 radical (unpaired) electrons. The smallest absolute Gasteiger partial charge is 0.0414 e. The van der Waals surface area contributed by atoms with Crippen molar-refractivity contribution in [1.29, 1.82) is 0 Å². The molecule has 1 aliphatic heterocycles. The summed E-state index contributed by atoms with van der Waals surface area (Å²) in [6, 6.07) is 6.16. The van der Waals surface area contributed by atoms with Gasteiger partial charge in [0.05, 0.1) is 0 Å². The Bertz CT molecular complexity index is 389. The van der Waals surface area contributed by atoms with Crippen molar-refractivity contribution in [3.05, 3.63) is 23.8 Å². The normalized spacial score (nSPS) is 20.8. The summed E-state index contributed by atoms with van der Waals surface area (Å²) in [5.74, 6) is 0.783. The molecule has 1 saturated heterocycles. The Morgan fingerprint density at radius 1 is 1.47 bits per heavy atom. The van der Waals surface area contributed by atoms with Gasteiger partial charge in [-0.25, -0.2) is 0 Å². The Morgan fingerprint density at radius 2 is 2.24 bits per heavy atom. The summed E-state index contributed by atoms with van der Waals surface area (Å²) in [4.78, 5) is 4.75. The van der Waals surface area contributed by atoms with Crippen LogP contribution in [0.5, 0.6) is 0 Å². The van der Waals surface area contributed by atoms with Gasteiger partial charge in [-0.05, 0) is 50.6 Å². The molecule has 0 saturated carbocycles. The summed E-state index contributed by atoms with van der Waals surface area (Å²) < 4.78 is 0. The summed E-state index contributed by atoms with van der Waals surface area (Å²) in [5, 5.41) is 0. The van der Waals surface area contributed by atoms with E-state index in [1.165, 1.54) is 30.8 Å². The van der Waals surface area contributed by atoms with Crippen LogP contribution in [0.3, 0.4) is 0 Å². The minimum absolute atomic E-state index is 0.783. The highest BCUT2D eigenvalue weighted by molar-refractivity contribution is 5.63. The molecule has 0 aromatic heterocycles. The van der Waals surface area contributed by atoms with Crippen molar-refractivity contribution in [2.45, 2.75) is 13.3 Å². The van der Waals surface area contributed by atoms with E-state index in [0.717, 1.165) is 18.2 Å². The highest BCUT2D eigenvalue weighted by atomic mass is 15.2. The molecule has 17 heavy (non-hydrogen) atoms. The van der Waals surface area contributed by atoms with E-state index in [-0.39, 0.29) is 0 Å². The van der Waals surface area contributed by atoms with E-state index in [0.29, 0.717) is 0 Å². The van der Waals surface area contributed by atoms with Gasteiger partial charge in [0.2, 0.25) is 0 Å². The third kappa shape index (κ3) is 2.72. The molecule has 0 aliphatic carbocycles. The van der Waals surface area contributed by atoms with Gasteiger partial charge in [0.1, 0.15) is 0 Å². The number of nitrogens with two attached hydrogens (primary N) is 1. The molecule has 94 valence electrons. The van der Waals surface area contributed by atoms with Crippen LogP contribution in [-0.2, 0) is 0 Å². The molecular formula is C14H23N3. The van der Waals surface area contributed by atoms with E-state index in [9.17, 15) is 0 Å². The minimum atomic E-state index is 0.783. The molecule has 1 aliphatic rings. The molecule has 0 amide bonds. The van der Waals surface area contributed by atoms with Crippen LogP contribution in [0, 0.1) is 12.8 Å². The third-order valence-corrected chi connectivity index (χ3v) is 3.78. The number of hydrogen-bond acceptors (Lipinski definition) is 3. The van der Waals surface area contributed by atoms with Gasteiger partial charge in [-0.2, -0.15) is 0 Å². The Balaban J connectivity index is 2.04. The van der Waals surface area contributed by atoms with Gasteiger partial charge in [-0.1, -0.05) is 6.07 Å². The molecular weight excluding hydrogens is 210 g/mol. The average Bonchev–Trinajstić information content (AvgIpc) is 2.68. The first kappa shape index (κ1) is 12.2.